The van der Waals surface area contributed by atoms with Crippen LogP contribution in [0.2, 0.25) is 0 Å². The van der Waals surface area contributed by atoms with Gasteiger partial charge in [-0.2, -0.15) is 0 Å². The third-order valence-corrected chi connectivity index (χ3v) is 2.08. The zero-order chi connectivity index (χ0) is 3.41. The Balaban J connectivity index is 1.97. The Labute approximate surface area is 36.6 Å². The molecule has 0 aliphatic heterocycles. The second-order valence-corrected chi connectivity index (χ2v) is 3.92. The van der Waals surface area contributed by atoms with Gasteiger partial charge < -0.3 is 0 Å². The first-order valence-electron chi connectivity index (χ1n) is 0.801. The Hall–Kier alpha value is 1.07. The predicted octanol–water partition coefficient (Wildman–Crippen LogP) is 2.10. The molecule has 0 saturated heterocycles. The van der Waals surface area contributed by atoms with Gasteiger partial charge in [0, 0.05) is 7.14 Å². The second-order valence-electron chi connectivity index (χ2n) is 0.281. The van der Waals surface area contributed by atoms with Crippen LogP contribution >= 0.6 is 29.8 Å². The SMILES string of the molecule is CSPCl. The van der Waals surface area contributed by atoms with Crippen molar-refractivity contribution in [2.45, 2.75) is 0 Å². The van der Waals surface area contributed by atoms with E-state index in [1.54, 1.807) is 11.4 Å². The highest BCUT2D eigenvalue weighted by Gasteiger charge is 1.57. The Bertz CT molecular complexity index is 10.0. The van der Waals surface area contributed by atoms with Gasteiger partial charge in [-0.3, -0.25) is 0 Å². The van der Waals surface area contributed by atoms with E-state index in [0.717, 1.165) is 0 Å². The Kier molecular flexibility index (Phi) is 5.16. The molecule has 0 aromatic rings. The van der Waals surface area contributed by atoms with Crippen molar-refractivity contribution in [2.24, 2.45) is 0 Å². The minimum Gasteiger partial charge on any atom is -0.124 e. The maximum absolute atomic E-state index is 5.18. The van der Waals surface area contributed by atoms with E-state index in [9.17, 15) is 0 Å². The molecule has 0 saturated carbocycles. The van der Waals surface area contributed by atoms with Crippen LogP contribution in [0.3, 0.4) is 0 Å². The molecule has 0 N–H and O–H groups in total. The average Bonchev–Trinajstić information content (AvgIpc) is 1.37. The topological polar surface area (TPSA) is 0 Å². The predicted molar refractivity (Wildman–Crippen MR) is 27.7 cm³/mol. The molecule has 0 aromatic carbocycles. The molecule has 0 amide bonds. The molecule has 1 atom stereocenters. The van der Waals surface area contributed by atoms with Gasteiger partial charge in [-0.05, 0) is 6.26 Å². The van der Waals surface area contributed by atoms with Crippen LogP contribution in [0.15, 0.2) is 0 Å². The van der Waals surface area contributed by atoms with E-state index in [1.165, 1.54) is 0 Å². The van der Waals surface area contributed by atoms with Crippen molar-refractivity contribution in [1.82, 2.24) is 0 Å². The molecule has 0 aromatic heterocycles. The summed E-state index contributed by atoms with van der Waals surface area (Å²) in [6.45, 7) is 0. The lowest BCUT2D eigenvalue weighted by atomic mass is 12.0. The van der Waals surface area contributed by atoms with Crippen LogP contribution in [0.1, 0.15) is 0 Å². The van der Waals surface area contributed by atoms with Crippen LogP contribution in [-0.2, 0) is 0 Å². The number of halogens is 1. The Morgan fingerprint density at radius 3 is 2.25 bits per heavy atom. The Morgan fingerprint density at radius 1 is 2.00 bits per heavy atom. The third-order valence-electron chi connectivity index (χ3n) is 0.0772. The summed E-state index contributed by atoms with van der Waals surface area (Å²) in [5, 5.41) is 0. The van der Waals surface area contributed by atoms with Gasteiger partial charge in [-0.15, -0.1) is 11.4 Å². The highest BCUT2D eigenvalue weighted by molar-refractivity contribution is 8.55. The van der Waals surface area contributed by atoms with E-state index in [4.69, 9.17) is 11.2 Å². The number of hydrogen-bond donors (Lipinski definition) is 0. The van der Waals surface area contributed by atoms with Gasteiger partial charge in [-0.1, -0.05) is 11.2 Å². The summed E-state index contributed by atoms with van der Waals surface area (Å²) in [5.41, 5.74) is 0. The van der Waals surface area contributed by atoms with Crippen molar-refractivity contribution < 1.29 is 0 Å². The summed E-state index contributed by atoms with van der Waals surface area (Å²) < 4.78 is 0. The normalized spacial score (nSPS) is 10.5. The molecule has 26 valence electrons. The lowest BCUT2D eigenvalue weighted by molar-refractivity contribution is 2.54. The molecule has 0 fully saturated rings. The molecular formula is CH4ClPS. The lowest BCUT2D eigenvalue weighted by Gasteiger charge is -1.67. The summed E-state index contributed by atoms with van der Waals surface area (Å²) in [5.74, 6) is 0. The van der Waals surface area contributed by atoms with Gasteiger partial charge in [0.15, 0.2) is 0 Å². The molecule has 0 spiro atoms. The lowest BCUT2D eigenvalue weighted by Crippen LogP contribution is -1.13. The molecule has 0 nitrogen and oxygen atoms in total. The van der Waals surface area contributed by atoms with Gasteiger partial charge in [0.25, 0.3) is 0 Å². The summed E-state index contributed by atoms with van der Waals surface area (Å²) in [4.78, 5) is 0. The smallest absolute Gasteiger partial charge is 0.0344 e. The average molecular weight is 115 g/mol. The Morgan fingerprint density at radius 2 is 2.25 bits per heavy atom. The van der Waals surface area contributed by atoms with Crippen LogP contribution in [0.4, 0.5) is 0 Å². The van der Waals surface area contributed by atoms with Crippen LogP contribution in [-0.4, -0.2) is 6.26 Å². The fourth-order valence-electron chi connectivity index (χ4n) is 0. The first-order valence-corrected chi connectivity index (χ1v) is 4.76. The third kappa shape index (κ3) is 3.07. The van der Waals surface area contributed by atoms with E-state index < -0.39 is 0 Å². The summed E-state index contributed by atoms with van der Waals surface area (Å²) in [6, 6.07) is 0. The summed E-state index contributed by atoms with van der Waals surface area (Å²) in [7, 11) is 0.529. The number of rotatable bonds is 1. The molecule has 3 heteroatoms. The highest BCUT2D eigenvalue weighted by atomic mass is 35.7. The van der Waals surface area contributed by atoms with Gasteiger partial charge in [0.2, 0.25) is 0 Å². The molecule has 1 unspecified atom stereocenters. The number of hydrogen-bond acceptors (Lipinski definition) is 1. The minimum atomic E-state index is 0.529. The monoisotopic (exact) mass is 114 g/mol. The van der Waals surface area contributed by atoms with Gasteiger partial charge in [-0.25, -0.2) is 0 Å². The van der Waals surface area contributed by atoms with E-state index in [1.807, 2.05) is 6.26 Å². The molecule has 0 rings (SSSR count). The van der Waals surface area contributed by atoms with E-state index in [-0.39, 0.29) is 0 Å². The molecule has 0 radical (unpaired) electrons. The van der Waals surface area contributed by atoms with Crippen LogP contribution in [0.5, 0.6) is 0 Å². The van der Waals surface area contributed by atoms with Crippen molar-refractivity contribution in [2.75, 3.05) is 6.26 Å². The molecular weight excluding hydrogens is 111 g/mol. The zero-order valence-electron chi connectivity index (χ0n) is 2.29. The first-order chi connectivity index (χ1) is 1.91. The quantitative estimate of drug-likeness (QED) is 0.471. The molecule has 0 bridgehead atoms. The maximum atomic E-state index is 5.18. The summed E-state index contributed by atoms with van der Waals surface area (Å²) >= 11 is 6.83. The largest absolute Gasteiger partial charge is 0.124 e. The molecule has 0 aliphatic rings. The van der Waals surface area contributed by atoms with E-state index in [0.29, 0.717) is 7.14 Å². The minimum absolute atomic E-state index is 0.529. The first kappa shape index (κ1) is 5.07. The van der Waals surface area contributed by atoms with E-state index >= 15 is 0 Å². The van der Waals surface area contributed by atoms with Crippen LogP contribution < -0.4 is 0 Å². The van der Waals surface area contributed by atoms with Crippen molar-refractivity contribution >= 4 is 29.8 Å². The zero-order valence-corrected chi connectivity index (χ0v) is 4.86. The fourth-order valence-corrected chi connectivity index (χ4v) is 0. The van der Waals surface area contributed by atoms with Crippen molar-refractivity contribution in [1.29, 1.82) is 0 Å². The standard InChI is InChI=1S/CH4ClPS/c1-4-3-2/h3H,1H3. The van der Waals surface area contributed by atoms with Gasteiger partial charge in [0.05, 0.1) is 0 Å². The van der Waals surface area contributed by atoms with Crippen molar-refractivity contribution in [3.63, 3.8) is 0 Å². The highest BCUT2D eigenvalue weighted by Crippen LogP contribution is 2.29. The van der Waals surface area contributed by atoms with Crippen molar-refractivity contribution in [3.8, 4) is 0 Å². The molecule has 0 aliphatic carbocycles. The van der Waals surface area contributed by atoms with Gasteiger partial charge >= 0.3 is 0 Å². The summed E-state index contributed by atoms with van der Waals surface area (Å²) in [6.07, 6.45) is 1.98. The molecule has 0 heterocycles. The van der Waals surface area contributed by atoms with Crippen LogP contribution in [0, 0.1) is 0 Å². The van der Waals surface area contributed by atoms with E-state index in [2.05, 4.69) is 0 Å². The second kappa shape index (κ2) is 4.07. The van der Waals surface area contributed by atoms with Crippen LogP contribution in [0.25, 0.3) is 0 Å². The molecule has 4 heavy (non-hydrogen) atoms. The van der Waals surface area contributed by atoms with Crippen molar-refractivity contribution in [3.05, 3.63) is 0 Å². The van der Waals surface area contributed by atoms with Gasteiger partial charge in [0.1, 0.15) is 0 Å². The maximum Gasteiger partial charge on any atom is 0.0344 e. The fraction of sp³-hybridized carbons (Fsp3) is 1.00.